The fraction of sp³-hybridized carbons (Fsp3) is 0.0909. The standard InChI is InChI=1S/C22H18N4O3/c1-2-29-22(28)16-5-9-18(10-6-16)25-20-13-17(11-12-24-20)21(27)26-19-7-3-15(14-23)4-8-19/h3-13H,2H2,1H3,(H,24,25)(H,26,27). The van der Waals surface area contributed by atoms with Gasteiger partial charge in [-0.2, -0.15) is 5.26 Å². The Kier molecular flexibility index (Phi) is 6.18. The Morgan fingerprint density at radius 2 is 1.69 bits per heavy atom. The molecule has 1 heterocycles. The van der Waals surface area contributed by atoms with Crippen molar-refractivity contribution < 1.29 is 14.3 Å². The highest BCUT2D eigenvalue weighted by atomic mass is 16.5. The van der Waals surface area contributed by atoms with Crippen LogP contribution in [-0.2, 0) is 4.74 Å². The summed E-state index contributed by atoms with van der Waals surface area (Å²) < 4.78 is 4.96. The van der Waals surface area contributed by atoms with Gasteiger partial charge in [-0.1, -0.05) is 0 Å². The highest BCUT2D eigenvalue weighted by molar-refractivity contribution is 6.04. The number of ether oxygens (including phenoxy) is 1. The summed E-state index contributed by atoms with van der Waals surface area (Å²) in [5, 5.41) is 14.7. The van der Waals surface area contributed by atoms with E-state index in [9.17, 15) is 9.59 Å². The maximum atomic E-state index is 12.5. The van der Waals surface area contributed by atoms with Crippen molar-refractivity contribution in [2.24, 2.45) is 0 Å². The Labute approximate surface area is 168 Å². The average molecular weight is 386 g/mol. The predicted molar refractivity (Wildman–Crippen MR) is 109 cm³/mol. The highest BCUT2D eigenvalue weighted by Gasteiger charge is 2.09. The van der Waals surface area contributed by atoms with Gasteiger partial charge in [0.1, 0.15) is 5.82 Å². The van der Waals surface area contributed by atoms with Gasteiger partial charge >= 0.3 is 5.97 Å². The summed E-state index contributed by atoms with van der Waals surface area (Å²) in [5.41, 5.74) is 2.72. The highest BCUT2D eigenvalue weighted by Crippen LogP contribution is 2.18. The van der Waals surface area contributed by atoms with Crippen LogP contribution < -0.4 is 10.6 Å². The van der Waals surface area contributed by atoms with E-state index in [1.165, 1.54) is 6.20 Å². The average Bonchev–Trinajstić information content (AvgIpc) is 2.75. The first-order chi connectivity index (χ1) is 14.1. The van der Waals surface area contributed by atoms with Crippen LogP contribution in [0.5, 0.6) is 0 Å². The van der Waals surface area contributed by atoms with E-state index in [1.54, 1.807) is 67.6 Å². The molecule has 0 aliphatic heterocycles. The van der Waals surface area contributed by atoms with Crippen molar-refractivity contribution in [2.45, 2.75) is 6.92 Å². The smallest absolute Gasteiger partial charge is 0.338 e. The molecule has 7 heteroatoms. The molecule has 0 atom stereocenters. The molecule has 3 aromatic rings. The first-order valence-electron chi connectivity index (χ1n) is 8.91. The van der Waals surface area contributed by atoms with Gasteiger partial charge in [-0.15, -0.1) is 0 Å². The van der Waals surface area contributed by atoms with Gasteiger partial charge in [-0.3, -0.25) is 4.79 Å². The molecule has 2 aromatic carbocycles. The summed E-state index contributed by atoms with van der Waals surface area (Å²) in [4.78, 5) is 28.4. The Balaban J connectivity index is 1.68. The largest absolute Gasteiger partial charge is 0.462 e. The monoisotopic (exact) mass is 386 g/mol. The zero-order valence-corrected chi connectivity index (χ0v) is 15.7. The van der Waals surface area contributed by atoms with Crippen LogP contribution in [0.2, 0.25) is 0 Å². The van der Waals surface area contributed by atoms with Crippen molar-refractivity contribution in [3.8, 4) is 6.07 Å². The molecule has 0 saturated heterocycles. The number of hydrogen-bond donors (Lipinski definition) is 2. The van der Waals surface area contributed by atoms with Crippen LogP contribution in [0.15, 0.2) is 66.9 Å². The van der Waals surface area contributed by atoms with Crippen LogP contribution in [0.1, 0.15) is 33.2 Å². The maximum absolute atomic E-state index is 12.5. The number of nitrogens with one attached hydrogen (secondary N) is 2. The molecule has 0 fully saturated rings. The molecule has 0 aliphatic carbocycles. The number of aromatic nitrogens is 1. The molecule has 0 unspecified atom stereocenters. The molecule has 7 nitrogen and oxygen atoms in total. The summed E-state index contributed by atoms with van der Waals surface area (Å²) in [5.74, 6) is -0.183. The van der Waals surface area contributed by atoms with E-state index < -0.39 is 0 Å². The third kappa shape index (κ3) is 5.17. The lowest BCUT2D eigenvalue weighted by Crippen LogP contribution is -2.12. The van der Waals surface area contributed by atoms with E-state index in [0.717, 1.165) is 5.69 Å². The Morgan fingerprint density at radius 1 is 1.00 bits per heavy atom. The van der Waals surface area contributed by atoms with Gasteiger partial charge in [0.2, 0.25) is 0 Å². The first-order valence-corrected chi connectivity index (χ1v) is 8.91. The lowest BCUT2D eigenvalue weighted by atomic mass is 10.2. The van der Waals surface area contributed by atoms with Gasteiger partial charge in [0.05, 0.1) is 23.8 Å². The number of hydrogen-bond acceptors (Lipinski definition) is 6. The maximum Gasteiger partial charge on any atom is 0.338 e. The van der Waals surface area contributed by atoms with E-state index >= 15 is 0 Å². The molecule has 0 spiro atoms. The lowest BCUT2D eigenvalue weighted by Gasteiger charge is -2.09. The van der Waals surface area contributed by atoms with Crippen LogP contribution in [0.3, 0.4) is 0 Å². The number of anilines is 3. The van der Waals surface area contributed by atoms with Gasteiger partial charge in [-0.05, 0) is 67.6 Å². The molecule has 0 radical (unpaired) electrons. The molecular weight excluding hydrogens is 368 g/mol. The second-order valence-electron chi connectivity index (χ2n) is 6.00. The van der Waals surface area contributed by atoms with Crippen molar-refractivity contribution in [3.05, 3.63) is 83.6 Å². The number of rotatable bonds is 6. The van der Waals surface area contributed by atoms with E-state index in [2.05, 4.69) is 15.6 Å². The van der Waals surface area contributed by atoms with Crippen molar-refractivity contribution in [1.82, 2.24) is 4.98 Å². The van der Waals surface area contributed by atoms with Gasteiger partial charge in [-0.25, -0.2) is 9.78 Å². The molecule has 0 aliphatic rings. The Bertz CT molecular complexity index is 1050. The summed E-state index contributed by atoms with van der Waals surface area (Å²) in [7, 11) is 0. The number of benzene rings is 2. The molecule has 144 valence electrons. The zero-order chi connectivity index (χ0) is 20.6. The SMILES string of the molecule is CCOC(=O)c1ccc(Nc2cc(C(=O)Nc3ccc(C#N)cc3)ccn2)cc1. The number of amides is 1. The molecule has 3 rings (SSSR count). The minimum atomic E-state index is -0.376. The summed E-state index contributed by atoms with van der Waals surface area (Å²) in [6.45, 7) is 2.07. The van der Waals surface area contributed by atoms with E-state index in [4.69, 9.17) is 10.00 Å². The van der Waals surface area contributed by atoms with Crippen molar-refractivity contribution >= 4 is 29.1 Å². The number of pyridine rings is 1. The van der Waals surface area contributed by atoms with E-state index in [-0.39, 0.29) is 11.9 Å². The Morgan fingerprint density at radius 3 is 2.34 bits per heavy atom. The molecule has 2 N–H and O–H groups in total. The fourth-order valence-electron chi connectivity index (χ4n) is 2.52. The molecule has 1 aromatic heterocycles. The van der Waals surface area contributed by atoms with Crippen LogP contribution in [0, 0.1) is 11.3 Å². The van der Waals surface area contributed by atoms with Crippen LogP contribution >= 0.6 is 0 Å². The van der Waals surface area contributed by atoms with Gasteiger partial charge in [0.15, 0.2) is 0 Å². The van der Waals surface area contributed by atoms with Crippen molar-refractivity contribution in [1.29, 1.82) is 5.26 Å². The second-order valence-corrected chi connectivity index (χ2v) is 6.00. The minimum Gasteiger partial charge on any atom is -0.462 e. The molecule has 1 amide bonds. The predicted octanol–water partition coefficient (Wildman–Crippen LogP) is 4.13. The lowest BCUT2D eigenvalue weighted by molar-refractivity contribution is 0.0526. The topological polar surface area (TPSA) is 104 Å². The van der Waals surface area contributed by atoms with Crippen LogP contribution in [0.4, 0.5) is 17.2 Å². The number of nitriles is 1. The third-order valence-electron chi connectivity index (χ3n) is 3.96. The molecular formula is C22H18N4O3. The van der Waals surface area contributed by atoms with Gasteiger partial charge in [0.25, 0.3) is 5.91 Å². The quantitative estimate of drug-likeness (QED) is 0.618. The van der Waals surface area contributed by atoms with E-state index in [0.29, 0.717) is 34.8 Å². The second kappa shape index (κ2) is 9.15. The molecule has 0 bridgehead atoms. The third-order valence-corrected chi connectivity index (χ3v) is 3.96. The fourth-order valence-corrected chi connectivity index (χ4v) is 2.52. The molecule has 29 heavy (non-hydrogen) atoms. The van der Waals surface area contributed by atoms with Crippen LogP contribution in [-0.4, -0.2) is 23.5 Å². The van der Waals surface area contributed by atoms with E-state index in [1.807, 2.05) is 6.07 Å². The summed E-state index contributed by atoms with van der Waals surface area (Å²) in [6, 6.07) is 18.6. The number of carbonyl (C=O) groups is 2. The number of esters is 1. The normalized spacial score (nSPS) is 9.93. The zero-order valence-electron chi connectivity index (χ0n) is 15.7. The number of carbonyl (C=O) groups excluding carboxylic acids is 2. The molecule has 0 saturated carbocycles. The van der Waals surface area contributed by atoms with Crippen LogP contribution in [0.25, 0.3) is 0 Å². The summed E-state index contributed by atoms with van der Waals surface area (Å²) >= 11 is 0. The van der Waals surface area contributed by atoms with Gasteiger partial charge in [0, 0.05) is 23.1 Å². The van der Waals surface area contributed by atoms with Crippen molar-refractivity contribution in [3.63, 3.8) is 0 Å². The van der Waals surface area contributed by atoms with Crippen molar-refractivity contribution in [2.75, 3.05) is 17.2 Å². The first kappa shape index (κ1) is 19.6. The summed E-state index contributed by atoms with van der Waals surface area (Å²) in [6.07, 6.45) is 1.53. The van der Waals surface area contributed by atoms with Gasteiger partial charge < -0.3 is 15.4 Å². The minimum absolute atomic E-state index is 0.294. The Hall–Kier alpha value is -4.18. The number of nitrogens with zero attached hydrogens (tertiary/aromatic N) is 2.